The maximum absolute atomic E-state index is 11.8. The minimum Gasteiger partial charge on any atom is -0.466 e. The molecule has 1 saturated carbocycles. The highest BCUT2D eigenvalue weighted by atomic mass is 16.3. The van der Waals surface area contributed by atoms with Crippen molar-refractivity contribution >= 4 is 5.91 Å². The van der Waals surface area contributed by atoms with Crippen LogP contribution in [0.3, 0.4) is 0 Å². The summed E-state index contributed by atoms with van der Waals surface area (Å²) in [6, 6.07) is 3.84. The van der Waals surface area contributed by atoms with Crippen LogP contribution in [0.25, 0.3) is 0 Å². The highest BCUT2D eigenvalue weighted by molar-refractivity contribution is 5.76. The van der Waals surface area contributed by atoms with Gasteiger partial charge in [-0.25, -0.2) is 0 Å². The molecule has 1 aromatic heterocycles. The van der Waals surface area contributed by atoms with Crippen molar-refractivity contribution in [1.82, 2.24) is 5.32 Å². The Morgan fingerprint density at radius 3 is 2.75 bits per heavy atom. The van der Waals surface area contributed by atoms with E-state index in [-0.39, 0.29) is 24.5 Å². The third-order valence-electron chi connectivity index (χ3n) is 4.10. The largest absolute Gasteiger partial charge is 0.466 e. The lowest BCUT2D eigenvalue weighted by Crippen LogP contribution is -2.41. The van der Waals surface area contributed by atoms with E-state index in [9.17, 15) is 9.90 Å². The number of hydrogen-bond donors (Lipinski definition) is 2. The molecule has 0 bridgehead atoms. The molecule has 2 rings (SSSR count). The minimum absolute atomic E-state index is 0.0200. The van der Waals surface area contributed by atoms with E-state index in [1.165, 1.54) is 6.42 Å². The first-order valence-electron chi connectivity index (χ1n) is 7.50. The van der Waals surface area contributed by atoms with Gasteiger partial charge >= 0.3 is 0 Å². The summed E-state index contributed by atoms with van der Waals surface area (Å²) < 4.78 is 5.78. The Hall–Kier alpha value is -1.29. The van der Waals surface area contributed by atoms with Gasteiger partial charge in [-0.1, -0.05) is 20.8 Å². The van der Waals surface area contributed by atoms with Gasteiger partial charge in [0.05, 0.1) is 12.6 Å². The Morgan fingerprint density at radius 1 is 1.50 bits per heavy atom. The molecule has 0 aliphatic heterocycles. The molecule has 20 heavy (non-hydrogen) atoms. The van der Waals surface area contributed by atoms with E-state index in [1.54, 1.807) is 0 Å². The van der Waals surface area contributed by atoms with Crippen LogP contribution in [-0.2, 0) is 11.2 Å². The van der Waals surface area contributed by atoms with Crippen LogP contribution in [0.2, 0.25) is 0 Å². The number of carbonyl (C=O) groups excluding carboxylic acids is 1. The number of rotatable bonds is 7. The van der Waals surface area contributed by atoms with Gasteiger partial charge in [0.25, 0.3) is 0 Å². The molecule has 0 spiro atoms. The van der Waals surface area contributed by atoms with Gasteiger partial charge in [0.1, 0.15) is 11.5 Å². The van der Waals surface area contributed by atoms with Crippen molar-refractivity contribution < 1.29 is 14.3 Å². The number of furan rings is 1. The zero-order valence-corrected chi connectivity index (χ0v) is 12.6. The fraction of sp³-hybridized carbons (Fsp3) is 0.688. The van der Waals surface area contributed by atoms with Gasteiger partial charge in [-0.2, -0.15) is 0 Å². The summed E-state index contributed by atoms with van der Waals surface area (Å²) in [6.45, 7) is 6.17. The third kappa shape index (κ3) is 3.85. The molecule has 2 unspecified atom stereocenters. The summed E-state index contributed by atoms with van der Waals surface area (Å²) in [4.78, 5) is 11.8. The number of hydrogen-bond acceptors (Lipinski definition) is 3. The Kier molecular flexibility index (Phi) is 4.86. The predicted octanol–water partition coefficient (Wildman–Crippen LogP) is 2.47. The van der Waals surface area contributed by atoms with E-state index in [2.05, 4.69) is 12.2 Å². The molecule has 4 heteroatoms. The topological polar surface area (TPSA) is 62.5 Å². The summed E-state index contributed by atoms with van der Waals surface area (Å²) in [5.74, 6) is 3.44. The summed E-state index contributed by atoms with van der Waals surface area (Å²) in [6.07, 6.45) is 2.22. The normalized spacial score (nSPS) is 22.9. The van der Waals surface area contributed by atoms with Crippen molar-refractivity contribution in [1.29, 1.82) is 0 Å². The first kappa shape index (κ1) is 15.1. The van der Waals surface area contributed by atoms with E-state index < -0.39 is 0 Å². The van der Waals surface area contributed by atoms with Gasteiger partial charge in [0.2, 0.25) is 5.91 Å². The van der Waals surface area contributed by atoms with Crippen LogP contribution in [0, 0.1) is 11.8 Å². The van der Waals surface area contributed by atoms with E-state index in [1.807, 2.05) is 26.0 Å². The minimum atomic E-state index is -0.165. The number of carbonyl (C=O) groups is 1. The van der Waals surface area contributed by atoms with Crippen LogP contribution in [0.15, 0.2) is 16.5 Å². The van der Waals surface area contributed by atoms with Crippen molar-refractivity contribution in [2.45, 2.75) is 52.0 Å². The summed E-state index contributed by atoms with van der Waals surface area (Å²) in [5.41, 5.74) is 0. The van der Waals surface area contributed by atoms with Crippen molar-refractivity contribution in [3.8, 4) is 0 Å². The zero-order valence-electron chi connectivity index (χ0n) is 12.6. The lowest BCUT2D eigenvalue weighted by atomic mass is 10.1. The molecule has 112 valence electrons. The van der Waals surface area contributed by atoms with Crippen LogP contribution in [0.5, 0.6) is 0 Å². The second-order valence-corrected chi connectivity index (χ2v) is 6.22. The molecule has 1 aromatic rings. The Morgan fingerprint density at radius 2 is 2.20 bits per heavy atom. The Balaban J connectivity index is 1.77. The molecule has 1 aliphatic carbocycles. The van der Waals surface area contributed by atoms with Gasteiger partial charge in [0, 0.05) is 18.8 Å². The van der Waals surface area contributed by atoms with Crippen LogP contribution >= 0.6 is 0 Å². The number of amides is 1. The molecule has 2 N–H and O–H groups in total. The van der Waals surface area contributed by atoms with E-state index in [0.29, 0.717) is 18.8 Å². The van der Waals surface area contributed by atoms with Gasteiger partial charge in [-0.05, 0) is 30.4 Å². The molecule has 1 amide bonds. The van der Waals surface area contributed by atoms with Crippen molar-refractivity contribution in [3.63, 3.8) is 0 Å². The van der Waals surface area contributed by atoms with Gasteiger partial charge in [-0.3, -0.25) is 4.79 Å². The van der Waals surface area contributed by atoms with Gasteiger partial charge in [-0.15, -0.1) is 0 Å². The van der Waals surface area contributed by atoms with E-state index in [4.69, 9.17) is 4.42 Å². The van der Waals surface area contributed by atoms with Crippen molar-refractivity contribution in [2.75, 3.05) is 6.61 Å². The Labute approximate surface area is 120 Å². The molecule has 4 nitrogen and oxygen atoms in total. The smallest absolute Gasteiger partial charge is 0.220 e. The van der Waals surface area contributed by atoms with Crippen molar-refractivity contribution in [2.24, 2.45) is 11.8 Å². The monoisotopic (exact) mass is 279 g/mol. The standard InChI is InChI=1S/C16H25NO3/c1-10(2)14(9-18)17-16(19)7-5-12-4-6-15(20-12)13-8-11(13)3/h4,6,10-11,13-14,18H,5,7-9H2,1-3H3,(H,17,19)/t11?,13?,14-/m1/s1. The van der Waals surface area contributed by atoms with E-state index in [0.717, 1.165) is 17.4 Å². The second kappa shape index (κ2) is 6.44. The summed E-state index contributed by atoms with van der Waals surface area (Å²) in [5, 5.41) is 12.0. The number of aliphatic hydroxyl groups excluding tert-OH is 1. The maximum Gasteiger partial charge on any atom is 0.220 e. The molecule has 0 aromatic carbocycles. The molecule has 1 fully saturated rings. The Bertz CT molecular complexity index is 452. The molecule has 0 saturated heterocycles. The first-order chi connectivity index (χ1) is 9.51. The summed E-state index contributed by atoms with van der Waals surface area (Å²) >= 11 is 0. The average molecular weight is 279 g/mol. The SMILES string of the molecule is CC1CC1c1ccc(CCC(=O)N[C@H](CO)C(C)C)o1. The number of aliphatic hydroxyl groups is 1. The first-order valence-corrected chi connectivity index (χ1v) is 7.50. The zero-order chi connectivity index (χ0) is 14.7. The molecular weight excluding hydrogens is 254 g/mol. The second-order valence-electron chi connectivity index (χ2n) is 6.22. The number of nitrogens with one attached hydrogen (secondary N) is 1. The maximum atomic E-state index is 11.8. The highest BCUT2D eigenvalue weighted by Gasteiger charge is 2.36. The fourth-order valence-electron chi connectivity index (χ4n) is 2.39. The third-order valence-corrected chi connectivity index (χ3v) is 4.10. The molecule has 1 aliphatic rings. The average Bonchev–Trinajstić information content (AvgIpc) is 2.96. The summed E-state index contributed by atoms with van der Waals surface area (Å²) in [7, 11) is 0. The highest BCUT2D eigenvalue weighted by Crippen LogP contribution is 2.47. The molecular formula is C16H25NO3. The predicted molar refractivity (Wildman–Crippen MR) is 77.4 cm³/mol. The fourth-order valence-corrected chi connectivity index (χ4v) is 2.39. The quantitative estimate of drug-likeness (QED) is 0.806. The number of aryl methyl sites for hydroxylation is 1. The van der Waals surface area contributed by atoms with Crippen LogP contribution < -0.4 is 5.32 Å². The van der Waals surface area contributed by atoms with E-state index >= 15 is 0 Å². The van der Waals surface area contributed by atoms with Crippen LogP contribution in [0.1, 0.15) is 51.1 Å². The van der Waals surface area contributed by atoms with Gasteiger partial charge < -0.3 is 14.8 Å². The van der Waals surface area contributed by atoms with Crippen molar-refractivity contribution in [3.05, 3.63) is 23.7 Å². The van der Waals surface area contributed by atoms with Gasteiger partial charge in [0.15, 0.2) is 0 Å². The van der Waals surface area contributed by atoms with Crippen LogP contribution in [-0.4, -0.2) is 23.7 Å². The molecule has 0 radical (unpaired) electrons. The lowest BCUT2D eigenvalue weighted by molar-refractivity contribution is -0.122. The molecule has 1 heterocycles. The molecule has 3 atom stereocenters. The van der Waals surface area contributed by atoms with Crippen LogP contribution in [0.4, 0.5) is 0 Å². The lowest BCUT2D eigenvalue weighted by Gasteiger charge is -2.19.